The van der Waals surface area contributed by atoms with Crippen LogP contribution in [0.3, 0.4) is 0 Å². The lowest BCUT2D eigenvalue weighted by Gasteiger charge is -2.22. The van der Waals surface area contributed by atoms with Crippen molar-refractivity contribution in [2.75, 3.05) is 6.54 Å². The number of aliphatic hydroxyl groups is 1. The smallest absolute Gasteiger partial charge is 0.252 e. The van der Waals surface area contributed by atoms with E-state index < -0.39 is 5.60 Å². The lowest BCUT2D eigenvalue weighted by Crippen LogP contribution is -2.38. The molecule has 6 heteroatoms. The molecule has 0 saturated heterocycles. The molecule has 2 N–H and O–H groups in total. The predicted octanol–water partition coefficient (Wildman–Crippen LogP) is 1.71. The van der Waals surface area contributed by atoms with E-state index in [-0.39, 0.29) is 12.5 Å². The molecule has 0 aliphatic heterocycles. The molecule has 1 atom stereocenters. The molecule has 0 saturated carbocycles. The first kappa shape index (κ1) is 14.6. The summed E-state index contributed by atoms with van der Waals surface area (Å²) in [6.07, 6.45) is 3.28. The second-order valence-corrected chi connectivity index (χ2v) is 5.25. The highest BCUT2D eigenvalue weighted by Gasteiger charge is 2.25. The van der Waals surface area contributed by atoms with Gasteiger partial charge in [-0.15, -0.1) is 0 Å². The van der Waals surface area contributed by atoms with Gasteiger partial charge in [-0.25, -0.2) is 0 Å². The minimum absolute atomic E-state index is 0.0722. The molecule has 1 aromatic carbocycles. The van der Waals surface area contributed by atoms with Gasteiger partial charge in [0.05, 0.1) is 23.3 Å². The molecule has 20 heavy (non-hydrogen) atoms. The van der Waals surface area contributed by atoms with Gasteiger partial charge in [-0.3, -0.25) is 9.48 Å². The van der Waals surface area contributed by atoms with Gasteiger partial charge in [0.2, 0.25) is 0 Å². The Morgan fingerprint density at radius 2 is 2.20 bits per heavy atom. The van der Waals surface area contributed by atoms with E-state index in [1.54, 1.807) is 55.3 Å². The van der Waals surface area contributed by atoms with Crippen molar-refractivity contribution in [2.45, 2.75) is 12.5 Å². The fourth-order valence-corrected chi connectivity index (χ4v) is 2.02. The molecule has 106 valence electrons. The van der Waals surface area contributed by atoms with E-state index in [0.717, 1.165) is 0 Å². The maximum absolute atomic E-state index is 12.0. The normalized spacial score (nSPS) is 13.8. The Morgan fingerprint density at radius 1 is 1.50 bits per heavy atom. The summed E-state index contributed by atoms with van der Waals surface area (Å²) in [7, 11) is 1.77. The van der Waals surface area contributed by atoms with Crippen LogP contribution in [0.2, 0.25) is 5.02 Å². The zero-order valence-electron chi connectivity index (χ0n) is 11.3. The highest BCUT2D eigenvalue weighted by molar-refractivity contribution is 6.33. The third-order valence-corrected chi connectivity index (χ3v) is 3.37. The zero-order chi connectivity index (χ0) is 14.8. The Hall–Kier alpha value is -1.85. The highest BCUT2D eigenvalue weighted by atomic mass is 35.5. The summed E-state index contributed by atoms with van der Waals surface area (Å²) in [5.41, 5.74) is -0.166. The number of hydrogen-bond donors (Lipinski definition) is 2. The van der Waals surface area contributed by atoms with Crippen molar-refractivity contribution in [1.82, 2.24) is 15.1 Å². The van der Waals surface area contributed by atoms with Crippen LogP contribution >= 0.6 is 11.6 Å². The monoisotopic (exact) mass is 293 g/mol. The van der Waals surface area contributed by atoms with Gasteiger partial charge in [-0.1, -0.05) is 23.7 Å². The molecular formula is C14H16ClN3O2. The molecule has 2 aromatic rings. The van der Waals surface area contributed by atoms with Gasteiger partial charge >= 0.3 is 0 Å². The number of aromatic nitrogens is 2. The molecule has 2 rings (SSSR count). The molecule has 0 aliphatic carbocycles. The SMILES string of the molecule is Cn1cc(C(C)(O)CNC(=O)c2ccccc2Cl)cn1. The third-order valence-electron chi connectivity index (χ3n) is 3.04. The van der Waals surface area contributed by atoms with Crippen LogP contribution in [0.5, 0.6) is 0 Å². The van der Waals surface area contributed by atoms with Crippen molar-refractivity contribution in [1.29, 1.82) is 0 Å². The minimum Gasteiger partial charge on any atom is -0.383 e. The van der Waals surface area contributed by atoms with Crippen LogP contribution in [-0.4, -0.2) is 27.3 Å². The van der Waals surface area contributed by atoms with Crippen LogP contribution in [-0.2, 0) is 12.6 Å². The molecule has 0 fully saturated rings. The summed E-state index contributed by atoms with van der Waals surface area (Å²) < 4.78 is 1.60. The molecule has 0 radical (unpaired) electrons. The summed E-state index contributed by atoms with van der Waals surface area (Å²) in [4.78, 5) is 12.0. The first-order valence-electron chi connectivity index (χ1n) is 6.14. The lowest BCUT2D eigenvalue weighted by molar-refractivity contribution is 0.0526. The number of nitrogens with one attached hydrogen (secondary N) is 1. The fraction of sp³-hybridized carbons (Fsp3) is 0.286. The molecule has 1 aromatic heterocycles. The summed E-state index contributed by atoms with van der Waals surface area (Å²) in [5.74, 6) is -0.320. The van der Waals surface area contributed by atoms with Gasteiger partial charge in [0.15, 0.2) is 0 Å². The van der Waals surface area contributed by atoms with Crippen LogP contribution in [0, 0.1) is 0 Å². The maximum Gasteiger partial charge on any atom is 0.252 e. The average molecular weight is 294 g/mol. The highest BCUT2D eigenvalue weighted by Crippen LogP contribution is 2.19. The van der Waals surface area contributed by atoms with Gasteiger partial charge in [0, 0.05) is 18.8 Å². The van der Waals surface area contributed by atoms with Crippen molar-refractivity contribution in [2.24, 2.45) is 7.05 Å². The van der Waals surface area contributed by atoms with Crippen LogP contribution in [0.15, 0.2) is 36.7 Å². The first-order valence-corrected chi connectivity index (χ1v) is 6.52. The average Bonchev–Trinajstić information content (AvgIpc) is 2.84. The third kappa shape index (κ3) is 3.18. The topological polar surface area (TPSA) is 67.2 Å². The Balaban J connectivity index is 2.05. The van der Waals surface area contributed by atoms with Gasteiger partial charge in [0.1, 0.15) is 5.60 Å². The van der Waals surface area contributed by atoms with Crippen LogP contribution in [0.4, 0.5) is 0 Å². The van der Waals surface area contributed by atoms with Crippen molar-refractivity contribution in [3.63, 3.8) is 0 Å². The molecular weight excluding hydrogens is 278 g/mol. The lowest BCUT2D eigenvalue weighted by atomic mass is 9.99. The maximum atomic E-state index is 12.0. The van der Waals surface area contributed by atoms with E-state index in [9.17, 15) is 9.90 Å². The number of carbonyl (C=O) groups is 1. The van der Waals surface area contributed by atoms with E-state index in [1.165, 1.54) is 0 Å². The number of hydrogen-bond acceptors (Lipinski definition) is 3. The number of rotatable bonds is 4. The second kappa shape index (κ2) is 5.64. The zero-order valence-corrected chi connectivity index (χ0v) is 12.1. The van der Waals surface area contributed by atoms with Crippen LogP contribution in [0.25, 0.3) is 0 Å². The molecule has 1 amide bonds. The molecule has 0 spiro atoms. The quantitative estimate of drug-likeness (QED) is 0.902. The van der Waals surface area contributed by atoms with Crippen LogP contribution < -0.4 is 5.32 Å². The number of carbonyl (C=O) groups excluding carboxylic acids is 1. The van der Waals surface area contributed by atoms with Crippen molar-refractivity contribution in [3.8, 4) is 0 Å². The standard InChI is InChI=1S/C14H16ClN3O2/c1-14(20,10-7-17-18(2)8-10)9-16-13(19)11-5-3-4-6-12(11)15/h3-8,20H,9H2,1-2H3,(H,16,19). The van der Waals surface area contributed by atoms with Crippen molar-refractivity contribution >= 4 is 17.5 Å². The predicted molar refractivity (Wildman–Crippen MR) is 76.6 cm³/mol. The minimum atomic E-state index is -1.19. The Morgan fingerprint density at radius 3 is 2.80 bits per heavy atom. The Kier molecular flexibility index (Phi) is 4.11. The molecule has 0 aliphatic rings. The number of amides is 1. The van der Waals surface area contributed by atoms with Crippen LogP contribution in [0.1, 0.15) is 22.8 Å². The molecule has 1 heterocycles. The molecule has 0 bridgehead atoms. The summed E-state index contributed by atoms with van der Waals surface area (Å²) in [6, 6.07) is 6.77. The second-order valence-electron chi connectivity index (χ2n) is 4.84. The number of benzene rings is 1. The summed E-state index contributed by atoms with van der Waals surface area (Å²) >= 11 is 5.95. The molecule has 1 unspecified atom stereocenters. The van der Waals surface area contributed by atoms with Gasteiger partial charge in [-0.2, -0.15) is 5.10 Å². The van der Waals surface area contributed by atoms with Gasteiger partial charge in [0.25, 0.3) is 5.91 Å². The van der Waals surface area contributed by atoms with E-state index in [1.807, 2.05) is 0 Å². The van der Waals surface area contributed by atoms with Gasteiger partial charge < -0.3 is 10.4 Å². The van der Waals surface area contributed by atoms with Crippen molar-refractivity contribution < 1.29 is 9.90 Å². The number of aryl methyl sites for hydroxylation is 1. The molecule has 5 nitrogen and oxygen atoms in total. The van der Waals surface area contributed by atoms with Gasteiger partial charge in [-0.05, 0) is 19.1 Å². The summed E-state index contributed by atoms with van der Waals surface area (Å²) in [5, 5.41) is 17.4. The summed E-state index contributed by atoms with van der Waals surface area (Å²) in [6.45, 7) is 1.69. The first-order chi connectivity index (χ1) is 9.40. The fourth-order valence-electron chi connectivity index (χ4n) is 1.79. The largest absolute Gasteiger partial charge is 0.383 e. The van der Waals surface area contributed by atoms with E-state index >= 15 is 0 Å². The van der Waals surface area contributed by atoms with E-state index in [0.29, 0.717) is 16.1 Å². The Labute approximate surface area is 122 Å². The van der Waals surface area contributed by atoms with E-state index in [4.69, 9.17) is 11.6 Å². The number of halogens is 1. The van der Waals surface area contributed by atoms with Crippen molar-refractivity contribution in [3.05, 3.63) is 52.8 Å². The number of nitrogens with zero attached hydrogens (tertiary/aromatic N) is 2. The van der Waals surface area contributed by atoms with E-state index in [2.05, 4.69) is 10.4 Å². The Bertz CT molecular complexity index is 622.